The summed E-state index contributed by atoms with van der Waals surface area (Å²) in [6, 6.07) is 7.70. The van der Waals surface area contributed by atoms with Crippen LogP contribution in [-0.4, -0.2) is 55.0 Å². The highest BCUT2D eigenvalue weighted by molar-refractivity contribution is 6.30. The highest BCUT2D eigenvalue weighted by atomic mass is 35.5. The summed E-state index contributed by atoms with van der Waals surface area (Å²) in [4.78, 5) is 27.9. The Bertz CT molecular complexity index is 593. The van der Waals surface area contributed by atoms with Gasteiger partial charge >= 0.3 is 0 Å². The number of benzene rings is 1. The Morgan fingerprint density at radius 2 is 1.74 bits per heavy atom. The second-order valence-electron chi connectivity index (χ2n) is 6.18. The standard InChI is InChI=1S/C16H21ClN4O2/c17-12-1-3-13(4-2-12)20-7-9-21(10-8-20)14(22)11-19-15(23)16(18)5-6-16/h1-4H,5-11,18H2,(H,19,23). The molecule has 6 nitrogen and oxygen atoms in total. The first-order valence-electron chi connectivity index (χ1n) is 7.83. The minimum Gasteiger partial charge on any atom is -0.368 e. The van der Waals surface area contributed by atoms with Crippen molar-refractivity contribution in [3.05, 3.63) is 29.3 Å². The molecular weight excluding hydrogens is 316 g/mol. The average molecular weight is 337 g/mol. The van der Waals surface area contributed by atoms with E-state index in [-0.39, 0.29) is 18.4 Å². The maximum Gasteiger partial charge on any atom is 0.242 e. The molecule has 0 atom stereocenters. The Labute approximate surface area is 140 Å². The fourth-order valence-corrected chi connectivity index (χ4v) is 2.80. The van der Waals surface area contributed by atoms with Crippen LogP contribution >= 0.6 is 11.6 Å². The normalized spacial score (nSPS) is 19.4. The zero-order valence-corrected chi connectivity index (χ0v) is 13.7. The molecule has 2 aliphatic rings. The molecule has 0 aromatic heterocycles. The second-order valence-corrected chi connectivity index (χ2v) is 6.62. The lowest BCUT2D eigenvalue weighted by molar-refractivity contribution is -0.133. The van der Waals surface area contributed by atoms with Crippen LogP contribution in [0.5, 0.6) is 0 Å². The van der Waals surface area contributed by atoms with Crippen molar-refractivity contribution in [1.29, 1.82) is 0 Å². The summed E-state index contributed by atoms with van der Waals surface area (Å²) < 4.78 is 0. The van der Waals surface area contributed by atoms with Gasteiger partial charge in [0.2, 0.25) is 11.8 Å². The Balaban J connectivity index is 1.45. The Morgan fingerprint density at radius 3 is 2.30 bits per heavy atom. The third-order valence-electron chi connectivity index (χ3n) is 4.47. The van der Waals surface area contributed by atoms with Crippen LogP contribution in [0.3, 0.4) is 0 Å². The molecule has 1 saturated carbocycles. The molecule has 0 bridgehead atoms. The number of rotatable bonds is 4. The van der Waals surface area contributed by atoms with Crippen LogP contribution in [0.15, 0.2) is 24.3 Å². The number of amides is 2. The molecule has 2 fully saturated rings. The topological polar surface area (TPSA) is 78.7 Å². The monoisotopic (exact) mass is 336 g/mol. The number of nitrogens with zero attached hydrogens (tertiary/aromatic N) is 2. The first-order chi connectivity index (χ1) is 11.0. The number of halogens is 1. The number of piperazine rings is 1. The molecule has 1 aliphatic heterocycles. The number of nitrogens with two attached hydrogens (primary N) is 1. The minimum atomic E-state index is -0.729. The van der Waals surface area contributed by atoms with E-state index in [1.807, 2.05) is 24.3 Å². The fraction of sp³-hybridized carbons (Fsp3) is 0.500. The van der Waals surface area contributed by atoms with E-state index in [1.165, 1.54) is 0 Å². The van der Waals surface area contributed by atoms with Crippen LogP contribution in [0.25, 0.3) is 0 Å². The smallest absolute Gasteiger partial charge is 0.242 e. The lowest BCUT2D eigenvalue weighted by Gasteiger charge is -2.36. The number of carbonyl (C=O) groups excluding carboxylic acids is 2. The van der Waals surface area contributed by atoms with E-state index in [2.05, 4.69) is 10.2 Å². The third-order valence-corrected chi connectivity index (χ3v) is 4.72. The number of hydrogen-bond acceptors (Lipinski definition) is 4. The molecule has 0 unspecified atom stereocenters. The molecule has 23 heavy (non-hydrogen) atoms. The summed E-state index contributed by atoms with van der Waals surface area (Å²) in [7, 11) is 0. The van der Waals surface area contributed by atoms with Gasteiger partial charge in [-0.2, -0.15) is 0 Å². The molecule has 1 aliphatic carbocycles. The molecule has 3 rings (SSSR count). The summed E-state index contributed by atoms with van der Waals surface area (Å²) in [6.45, 7) is 2.85. The van der Waals surface area contributed by atoms with Gasteiger partial charge in [0.05, 0.1) is 12.1 Å². The van der Waals surface area contributed by atoms with Crippen LogP contribution in [-0.2, 0) is 9.59 Å². The fourth-order valence-electron chi connectivity index (χ4n) is 2.67. The van der Waals surface area contributed by atoms with Gasteiger partial charge in [0.1, 0.15) is 0 Å². The Hall–Kier alpha value is -1.79. The molecule has 124 valence electrons. The summed E-state index contributed by atoms with van der Waals surface area (Å²) in [5.74, 6) is -0.274. The molecule has 1 heterocycles. The van der Waals surface area contributed by atoms with E-state index in [4.69, 9.17) is 17.3 Å². The molecule has 7 heteroatoms. The summed E-state index contributed by atoms with van der Waals surface area (Å²) in [6.07, 6.45) is 1.40. The van der Waals surface area contributed by atoms with Crippen molar-refractivity contribution in [2.75, 3.05) is 37.6 Å². The maximum absolute atomic E-state index is 12.2. The number of hydrogen-bond donors (Lipinski definition) is 2. The maximum atomic E-state index is 12.2. The van der Waals surface area contributed by atoms with Gasteiger partial charge in [-0.25, -0.2) is 0 Å². The van der Waals surface area contributed by atoms with Crippen LogP contribution < -0.4 is 16.0 Å². The van der Waals surface area contributed by atoms with Crippen LogP contribution in [0, 0.1) is 0 Å². The zero-order chi connectivity index (χ0) is 16.4. The van der Waals surface area contributed by atoms with Crippen LogP contribution in [0.1, 0.15) is 12.8 Å². The van der Waals surface area contributed by atoms with Crippen molar-refractivity contribution in [1.82, 2.24) is 10.2 Å². The van der Waals surface area contributed by atoms with Gasteiger partial charge in [-0.1, -0.05) is 11.6 Å². The van der Waals surface area contributed by atoms with Crippen molar-refractivity contribution < 1.29 is 9.59 Å². The molecule has 0 radical (unpaired) electrons. The van der Waals surface area contributed by atoms with E-state index in [9.17, 15) is 9.59 Å². The molecular formula is C16H21ClN4O2. The van der Waals surface area contributed by atoms with E-state index in [1.54, 1.807) is 4.90 Å². The first kappa shape index (κ1) is 16.1. The van der Waals surface area contributed by atoms with Gasteiger partial charge in [-0.3, -0.25) is 9.59 Å². The molecule has 0 spiro atoms. The highest BCUT2D eigenvalue weighted by Gasteiger charge is 2.45. The molecule has 2 amide bonds. The molecule has 1 aromatic carbocycles. The van der Waals surface area contributed by atoms with E-state index in [0.29, 0.717) is 31.0 Å². The molecule has 1 saturated heterocycles. The van der Waals surface area contributed by atoms with Crippen molar-refractivity contribution in [2.45, 2.75) is 18.4 Å². The van der Waals surface area contributed by atoms with E-state index in [0.717, 1.165) is 18.8 Å². The average Bonchev–Trinajstić information content (AvgIpc) is 3.32. The lowest BCUT2D eigenvalue weighted by atomic mass is 10.2. The number of anilines is 1. The summed E-state index contributed by atoms with van der Waals surface area (Å²) in [5.41, 5.74) is 6.17. The quantitative estimate of drug-likeness (QED) is 0.844. The number of nitrogens with one attached hydrogen (secondary N) is 1. The summed E-state index contributed by atoms with van der Waals surface area (Å²) >= 11 is 5.90. The Kier molecular flexibility index (Phi) is 4.46. The van der Waals surface area contributed by atoms with Gasteiger partial charge in [-0.05, 0) is 37.1 Å². The molecule has 1 aromatic rings. The predicted octanol–water partition coefficient (Wildman–Crippen LogP) is 0.596. The van der Waals surface area contributed by atoms with Crippen LogP contribution in [0.4, 0.5) is 5.69 Å². The minimum absolute atomic E-state index is 0.0265. The predicted molar refractivity (Wildman–Crippen MR) is 89.4 cm³/mol. The van der Waals surface area contributed by atoms with Gasteiger partial charge in [0.15, 0.2) is 0 Å². The van der Waals surface area contributed by atoms with Crippen LogP contribution in [0.2, 0.25) is 5.02 Å². The van der Waals surface area contributed by atoms with Gasteiger partial charge in [0, 0.05) is 36.9 Å². The Morgan fingerprint density at radius 1 is 1.13 bits per heavy atom. The van der Waals surface area contributed by atoms with Crippen molar-refractivity contribution >= 4 is 29.1 Å². The highest BCUT2D eigenvalue weighted by Crippen LogP contribution is 2.31. The largest absolute Gasteiger partial charge is 0.368 e. The first-order valence-corrected chi connectivity index (χ1v) is 8.21. The van der Waals surface area contributed by atoms with Crippen molar-refractivity contribution in [3.63, 3.8) is 0 Å². The van der Waals surface area contributed by atoms with Gasteiger partial charge in [-0.15, -0.1) is 0 Å². The van der Waals surface area contributed by atoms with Gasteiger partial charge < -0.3 is 20.9 Å². The lowest BCUT2D eigenvalue weighted by Crippen LogP contribution is -2.52. The SMILES string of the molecule is NC1(C(=O)NCC(=O)N2CCN(c3ccc(Cl)cc3)CC2)CC1. The third kappa shape index (κ3) is 3.76. The van der Waals surface area contributed by atoms with E-state index < -0.39 is 5.54 Å². The zero-order valence-electron chi connectivity index (χ0n) is 12.9. The second kappa shape index (κ2) is 6.37. The number of carbonyl (C=O) groups is 2. The van der Waals surface area contributed by atoms with Crippen molar-refractivity contribution in [2.24, 2.45) is 5.73 Å². The van der Waals surface area contributed by atoms with Crippen molar-refractivity contribution in [3.8, 4) is 0 Å². The molecule has 3 N–H and O–H groups in total. The summed E-state index contributed by atoms with van der Waals surface area (Å²) in [5, 5.41) is 3.36. The van der Waals surface area contributed by atoms with Gasteiger partial charge in [0.25, 0.3) is 0 Å². The van der Waals surface area contributed by atoms with E-state index >= 15 is 0 Å².